The van der Waals surface area contributed by atoms with Gasteiger partial charge in [0, 0.05) is 12.1 Å². The lowest BCUT2D eigenvalue weighted by Gasteiger charge is -2.27. The predicted octanol–water partition coefficient (Wildman–Crippen LogP) is 3.87. The maximum Gasteiger partial charge on any atom is 0.295 e. The van der Waals surface area contributed by atoms with Crippen LogP contribution in [-0.2, 0) is 9.59 Å². The van der Waals surface area contributed by atoms with E-state index in [1.807, 2.05) is 13.8 Å². The van der Waals surface area contributed by atoms with Crippen molar-refractivity contribution in [2.24, 2.45) is 5.92 Å². The van der Waals surface area contributed by atoms with Crippen LogP contribution in [0.1, 0.15) is 37.9 Å². The summed E-state index contributed by atoms with van der Waals surface area (Å²) in [6.07, 6.45) is 0. The number of ketones is 1. The molecule has 0 saturated carbocycles. The average molecular weight is 395 g/mol. The van der Waals surface area contributed by atoms with Crippen LogP contribution in [0.15, 0.2) is 54.1 Å². The van der Waals surface area contributed by atoms with Crippen molar-refractivity contribution in [3.63, 3.8) is 0 Å². The molecule has 1 saturated heterocycles. The first-order valence-corrected chi connectivity index (χ1v) is 9.64. The lowest BCUT2D eigenvalue weighted by atomic mass is 9.94. The number of aliphatic hydroxyl groups excluding tert-OH is 1. The fourth-order valence-electron chi connectivity index (χ4n) is 3.53. The number of Topliss-reactive ketones (excluding diaryl/α,β-unsaturated/α-hetero) is 1. The van der Waals surface area contributed by atoms with Gasteiger partial charge in [0.25, 0.3) is 11.7 Å². The van der Waals surface area contributed by atoms with Gasteiger partial charge in [0.1, 0.15) is 5.76 Å². The predicted molar refractivity (Wildman–Crippen MR) is 110 cm³/mol. The maximum absolute atomic E-state index is 12.9. The molecule has 0 bridgehead atoms. The Morgan fingerprint density at radius 3 is 2.45 bits per heavy atom. The molecule has 3 rings (SSSR count). The lowest BCUT2D eigenvalue weighted by Crippen LogP contribution is -2.33. The molecule has 1 fully saturated rings. The first kappa shape index (κ1) is 20.5. The number of aliphatic hydroxyl groups is 1. The number of likely N-dealkylation sites (tertiary alicyclic amines) is 1. The minimum Gasteiger partial charge on any atom is -0.507 e. The number of hydrogen-bond donors (Lipinski definition) is 2. The summed E-state index contributed by atoms with van der Waals surface area (Å²) >= 11 is 0. The zero-order chi connectivity index (χ0) is 21.1. The molecule has 0 aromatic heterocycles. The number of aromatic hydroxyl groups is 1. The van der Waals surface area contributed by atoms with Crippen LogP contribution >= 0.6 is 0 Å². The molecule has 6 heteroatoms. The Balaban J connectivity index is 2.20. The Bertz CT molecular complexity index is 949. The van der Waals surface area contributed by atoms with Crippen molar-refractivity contribution in [1.82, 2.24) is 4.90 Å². The number of carbonyl (C=O) groups is 2. The molecule has 1 aliphatic rings. The molecule has 152 valence electrons. The van der Waals surface area contributed by atoms with E-state index in [9.17, 15) is 19.8 Å². The minimum atomic E-state index is -0.766. The van der Waals surface area contributed by atoms with Crippen molar-refractivity contribution in [3.05, 3.63) is 65.2 Å². The summed E-state index contributed by atoms with van der Waals surface area (Å²) in [7, 11) is 0. The first-order valence-electron chi connectivity index (χ1n) is 9.64. The first-order chi connectivity index (χ1) is 13.8. The smallest absolute Gasteiger partial charge is 0.295 e. The minimum absolute atomic E-state index is 0.0283. The van der Waals surface area contributed by atoms with Crippen molar-refractivity contribution in [2.75, 3.05) is 13.2 Å². The highest BCUT2D eigenvalue weighted by Crippen LogP contribution is 2.42. The van der Waals surface area contributed by atoms with E-state index in [0.29, 0.717) is 24.3 Å². The van der Waals surface area contributed by atoms with E-state index in [2.05, 4.69) is 0 Å². The highest BCUT2D eigenvalue weighted by Gasteiger charge is 2.46. The summed E-state index contributed by atoms with van der Waals surface area (Å²) in [6.45, 7) is 6.41. The van der Waals surface area contributed by atoms with Crippen LogP contribution in [0.4, 0.5) is 0 Å². The summed E-state index contributed by atoms with van der Waals surface area (Å²) in [5.74, 6) is -1.23. The highest BCUT2D eigenvalue weighted by molar-refractivity contribution is 6.46. The zero-order valence-electron chi connectivity index (χ0n) is 16.8. The number of rotatable bonds is 6. The molecule has 2 aromatic rings. The van der Waals surface area contributed by atoms with Gasteiger partial charge in [-0.15, -0.1) is 0 Å². The van der Waals surface area contributed by atoms with Gasteiger partial charge in [0.2, 0.25) is 0 Å². The van der Waals surface area contributed by atoms with Crippen LogP contribution in [0.5, 0.6) is 11.5 Å². The molecule has 1 heterocycles. The Morgan fingerprint density at radius 2 is 1.83 bits per heavy atom. The van der Waals surface area contributed by atoms with Gasteiger partial charge >= 0.3 is 0 Å². The zero-order valence-corrected chi connectivity index (χ0v) is 16.8. The molecule has 1 unspecified atom stereocenters. The van der Waals surface area contributed by atoms with Crippen molar-refractivity contribution >= 4 is 17.4 Å². The number of ether oxygens (including phenoxy) is 1. The summed E-state index contributed by atoms with van der Waals surface area (Å²) in [5, 5.41) is 21.0. The van der Waals surface area contributed by atoms with Crippen LogP contribution < -0.4 is 4.74 Å². The fraction of sp³-hybridized carbons (Fsp3) is 0.304. The third kappa shape index (κ3) is 3.97. The van der Waals surface area contributed by atoms with Crippen molar-refractivity contribution in [2.45, 2.75) is 26.8 Å². The Hall–Kier alpha value is -3.28. The Kier molecular flexibility index (Phi) is 5.92. The van der Waals surface area contributed by atoms with Crippen LogP contribution in [0.2, 0.25) is 0 Å². The Morgan fingerprint density at radius 1 is 1.14 bits per heavy atom. The molecular formula is C23H25NO5. The van der Waals surface area contributed by atoms with E-state index >= 15 is 0 Å². The highest BCUT2D eigenvalue weighted by atomic mass is 16.5. The fourth-order valence-corrected chi connectivity index (χ4v) is 3.53. The molecule has 29 heavy (non-hydrogen) atoms. The number of nitrogens with zero attached hydrogens (tertiary/aromatic N) is 1. The monoisotopic (exact) mass is 395 g/mol. The van der Waals surface area contributed by atoms with Gasteiger partial charge in [-0.3, -0.25) is 9.59 Å². The van der Waals surface area contributed by atoms with E-state index in [-0.39, 0.29) is 28.7 Å². The van der Waals surface area contributed by atoms with E-state index < -0.39 is 17.7 Å². The number of hydrogen-bond acceptors (Lipinski definition) is 5. The topological polar surface area (TPSA) is 87.1 Å². The van der Waals surface area contributed by atoms with E-state index in [1.165, 1.54) is 11.0 Å². The molecule has 2 N–H and O–H groups in total. The third-order valence-electron chi connectivity index (χ3n) is 4.75. The van der Waals surface area contributed by atoms with Crippen molar-refractivity contribution in [3.8, 4) is 11.5 Å². The van der Waals surface area contributed by atoms with Crippen LogP contribution in [0.3, 0.4) is 0 Å². The molecule has 0 spiro atoms. The van der Waals surface area contributed by atoms with Crippen LogP contribution in [0, 0.1) is 5.92 Å². The second-order valence-electron chi connectivity index (χ2n) is 7.37. The molecule has 0 aliphatic carbocycles. The second kappa shape index (κ2) is 8.39. The summed E-state index contributed by atoms with van der Waals surface area (Å²) < 4.78 is 5.47. The van der Waals surface area contributed by atoms with E-state index in [0.717, 1.165) is 0 Å². The van der Waals surface area contributed by atoms with Gasteiger partial charge in [0.15, 0.2) is 11.5 Å². The SMILES string of the molecule is CCOc1cc(C2C(=C(O)c3ccccc3)C(=O)C(=O)N2CC(C)C)ccc1O. The maximum atomic E-state index is 12.9. The van der Waals surface area contributed by atoms with E-state index in [4.69, 9.17) is 4.74 Å². The molecule has 1 atom stereocenters. The third-order valence-corrected chi connectivity index (χ3v) is 4.75. The van der Waals surface area contributed by atoms with Gasteiger partial charge in [-0.25, -0.2) is 0 Å². The van der Waals surface area contributed by atoms with Crippen molar-refractivity contribution in [1.29, 1.82) is 0 Å². The summed E-state index contributed by atoms with van der Waals surface area (Å²) in [4.78, 5) is 27.2. The normalized spacial score (nSPS) is 18.5. The second-order valence-corrected chi connectivity index (χ2v) is 7.37. The van der Waals surface area contributed by atoms with Gasteiger partial charge in [-0.1, -0.05) is 50.2 Å². The summed E-state index contributed by atoms with van der Waals surface area (Å²) in [6, 6.07) is 12.6. The average Bonchev–Trinajstić information content (AvgIpc) is 2.94. The number of amides is 1. The molecule has 0 radical (unpaired) electrons. The molecule has 1 aliphatic heterocycles. The number of carbonyl (C=O) groups excluding carboxylic acids is 2. The van der Waals surface area contributed by atoms with Gasteiger partial charge < -0.3 is 19.8 Å². The molecule has 6 nitrogen and oxygen atoms in total. The van der Waals surface area contributed by atoms with Crippen LogP contribution in [-0.4, -0.2) is 40.0 Å². The van der Waals surface area contributed by atoms with Crippen LogP contribution in [0.25, 0.3) is 5.76 Å². The van der Waals surface area contributed by atoms with Gasteiger partial charge in [-0.05, 0) is 30.5 Å². The summed E-state index contributed by atoms with van der Waals surface area (Å²) in [5.41, 5.74) is 1.09. The van der Waals surface area contributed by atoms with Gasteiger partial charge in [0.05, 0.1) is 18.2 Å². The quantitative estimate of drug-likeness (QED) is 0.440. The molecular weight excluding hydrogens is 370 g/mol. The lowest BCUT2D eigenvalue weighted by molar-refractivity contribution is -0.140. The Labute approximate surface area is 170 Å². The van der Waals surface area contributed by atoms with Crippen molar-refractivity contribution < 1.29 is 24.5 Å². The number of phenolic OH excluding ortho intramolecular Hbond substituents is 1. The molecule has 2 aromatic carbocycles. The standard InChI is InChI=1S/C23H25NO5/c1-4-29-18-12-16(10-11-17(18)25)20-19(21(26)15-8-6-5-7-9-15)22(27)23(28)24(20)13-14(2)3/h5-12,14,20,25-26H,4,13H2,1-3H3. The largest absolute Gasteiger partial charge is 0.507 e. The number of benzene rings is 2. The van der Waals surface area contributed by atoms with E-state index in [1.54, 1.807) is 49.4 Å². The van der Waals surface area contributed by atoms with Gasteiger partial charge in [-0.2, -0.15) is 0 Å². The number of phenols is 1. The molecule has 1 amide bonds.